The molecule has 0 bridgehead atoms. The average molecular weight is 348 g/mol. The third kappa shape index (κ3) is 2.44. The smallest absolute Gasteiger partial charge is 0.220 e. The standard InChI is InChI=1S/C22H37NO2/c1-13-12-17-22(5,11-9-18(24)23-17)15-8-10-21(4)14(19(13)15)6-7-16(21)20(2,3)25/h13-17,19,25H,6-12H2,1-5H3,(H,23,24)/t13?,14-,15-,16+,17?,19-,21-,22+/m0/s1. The molecule has 4 rings (SSSR count). The predicted octanol–water partition coefficient (Wildman–Crippen LogP) is 4.14. The highest BCUT2D eigenvalue weighted by Crippen LogP contribution is 2.67. The second kappa shape index (κ2) is 5.47. The molecule has 0 aromatic carbocycles. The molecule has 4 fully saturated rings. The molecular formula is C22H37NO2. The Kier molecular flexibility index (Phi) is 3.90. The summed E-state index contributed by atoms with van der Waals surface area (Å²) in [5.74, 6) is 3.61. The molecule has 0 aromatic heterocycles. The molecule has 3 saturated carbocycles. The van der Waals surface area contributed by atoms with Crippen LogP contribution < -0.4 is 5.32 Å². The van der Waals surface area contributed by atoms with Crippen LogP contribution in [0, 0.1) is 40.4 Å². The first kappa shape index (κ1) is 17.8. The molecule has 8 atom stereocenters. The number of aliphatic hydroxyl groups is 1. The number of carbonyl (C=O) groups is 1. The molecular weight excluding hydrogens is 310 g/mol. The van der Waals surface area contributed by atoms with Gasteiger partial charge in [-0.15, -0.1) is 0 Å². The minimum atomic E-state index is -0.570. The van der Waals surface area contributed by atoms with Gasteiger partial charge in [0.1, 0.15) is 0 Å². The lowest BCUT2D eigenvalue weighted by Gasteiger charge is -2.62. The third-order valence-corrected chi connectivity index (χ3v) is 9.32. The van der Waals surface area contributed by atoms with Crippen LogP contribution in [-0.2, 0) is 4.79 Å². The molecule has 1 saturated heterocycles. The highest BCUT2D eigenvalue weighted by atomic mass is 16.3. The minimum Gasteiger partial charge on any atom is -0.390 e. The molecule has 1 amide bonds. The van der Waals surface area contributed by atoms with Crippen LogP contribution in [0.1, 0.15) is 79.6 Å². The summed E-state index contributed by atoms with van der Waals surface area (Å²) in [7, 11) is 0. The zero-order valence-electron chi connectivity index (χ0n) is 16.8. The van der Waals surface area contributed by atoms with E-state index in [-0.39, 0.29) is 16.7 Å². The molecule has 2 N–H and O–H groups in total. The number of amides is 1. The van der Waals surface area contributed by atoms with Gasteiger partial charge in [0.15, 0.2) is 0 Å². The minimum absolute atomic E-state index is 0.261. The summed E-state index contributed by atoms with van der Waals surface area (Å²) in [5.41, 5.74) is -0.00643. The maximum absolute atomic E-state index is 12.0. The van der Waals surface area contributed by atoms with Gasteiger partial charge in [-0.05, 0) is 92.8 Å². The molecule has 3 aliphatic carbocycles. The summed E-state index contributed by atoms with van der Waals surface area (Å²) < 4.78 is 0. The van der Waals surface area contributed by atoms with Crippen LogP contribution in [0.4, 0.5) is 0 Å². The van der Waals surface area contributed by atoms with E-state index in [9.17, 15) is 9.90 Å². The Morgan fingerprint density at radius 1 is 1.08 bits per heavy atom. The molecule has 0 radical (unpaired) electrons. The fourth-order valence-electron chi connectivity index (χ4n) is 8.21. The molecule has 1 aliphatic heterocycles. The van der Waals surface area contributed by atoms with Gasteiger partial charge in [0, 0.05) is 12.5 Å². The van der Waals surface area contributed by atoms with Crippen molar-refractivity contribution in [2.24, 2.45) is 40.4 Å². The summed E-state index contributed by atoms with van der Waals surface area (Å²) in [6, 6.07) is 0.376. The Hall–Kier alpha value is -0.570. The summed E-state index contributed by atoms with van der Waals surface area (Å²) in [6.45, 7) is 11.4. The molecule has 3 heteroatoms. The zero-order valence-corrected chi connectivity index (χ0v) is 16.8. The number of piperidine rings is 1. The maximum atomic E-state index is 12.0. The second-order valence-corrected chi connectivity index (χ2v) is 11.0. The zero-order chi connectivity index (χ0) is 18.2. The third-order valence-electron chi connectivity index (χ3n) is 9.32. The van der Waals surface area contributed by atoms with Crippen LogP contribution in [-0.4, -0.2) is 22.7 Å². The summed E-state index contributed by atoms with van der Waals surface area (Å²) in [5, 5.41) is 14.1. The van der Waals surface area contributed by atoms with E-state index < -0.39 is 5.60 Å². The van der Waals surface area contributed by atoms with Crippen molar-refractivity contribution in [2.75, 3.05) is 0 Å². The Balaban J connectivity index is 1.67. The van der Waals surface area contributed by atoms with Crippen molar-refractivity contribution in [3.8, 4) is 0 Å². The first-order chi connectivity index (χ1) is 11.6. The van der Waals surface area contributed by atoms with Crippen LogP contribution in [0.2, 0.25) is 0 Å². The number of carbonyl (C=O) groups excluding carboxylic acids is 1. The predicted molar refractivity (Wildman–Crippen MR) is 99.9 cm³/mol. The van der Waals surface area contributed by atoms with Crippen molar-refractivity contribution in [3.05, 3.63) is 0 Å². The van der Waals surface area contributed by atoms with Crippen LogP contribution in [0.5, 0.6) is 0 Å². The lowest BCUT2D eigenvalue weighted by Crippen LogP contribution is -2.63. The van der Waals surface area contributed by atoms with Crippen LogP contribution in [0.25, 0.3) is 0 Å². The lowest BCUT2D eigenvalue weighted by molar-refractivity contribution is -0.150. The van der Waals surface area contributed by atoms with Crippen LogP contribution in [0.15, 0.2) is 0 Å². The summed E-state index contributed by atoms with van der Waals surface area (Å²) >= 11 is 0. The Bertz CT molecular complexity index is 567. The van der Waals surface area contributed by atoms with E-state index >= 15 is 0 Å². The second-order valence-electron chi connectivity index (χ2n) is 11.0. The average Bonchev–Trinajstić information content (AvgIpc) is 2.86. The molecule has 1 heterocycles. The molecule has 3 nitrogen and oxygen atoms in total. The van der Waals surface area contributed by atoms with Crippen molar-refractivity contribution >= 4 is 5.91 Å². The highest BCUT2D eigenvalue weighted by Gasteiger charge is 2.63. The molecule has 0 aromatic rings. The van der Waals surface area contributed by atoms with Gasteiger partial charge in [-0.1, -0.05) is 20.8 Å². The highest BCUT2D eigenvalue weighted by molar-refractivity contribution is 5.77. The first-order valence-corrected chi connectivity index (χ1v) is 10.6. The number of rotatable bonds is 1. The van der Waals surface area contributed by atoms with E-state index in [0.717, 1.165) is 30.6 Å². The molecule has 4 aliphatic rings. The van der Waals surface area contributed by atoms with Gasteiger partial charge in [0.25, 0.3) is 0 Å². The van der Waals surface area contributed by atoms with Gasteiger partial charge >= 0.3 is 0 Å². The fourth-order valence-corrected chi connectivity index (χ4v) is 8.21. The first-order valence-electron chi connectivity index (χ1n) is 10.6. The number of hydrogen-bond acceptors (Lipinski definition) is 2. The quantitative estimate of drug-likeness (QED) is 0.749. The van der Waals surface area contributed by atoms with Crippen LogP contribution >= 0.6 is 0 Å². The van der Waals surface area contributed by atoms with E-state index in [0.29, 0.717) is 24.3 Å². The van der Waals surface area contributed by atoms with Gasteiger partial charge in [0.05, 0.1) is 5.60 Å². The van der Waals surface area contributed by atoms with Crippen LogP contribution in [0.3, 0.4) is 0 Å². The van der Waals surface area contributed by atoms with Crippen molar-refractivity contribution in [3.63, 3.8) is 0 Å². The van der Waals surface area contributed by atoms with Crippen molar-refractivity contribution < 1.29 is 9.90 Å². The van der Waals surface area contributed by atoms with E-state index in [1.54, 1.807) is 0 Å². The number of nitrogens with one attached hydrogen (secondary N) is 1. The van der Waals surface area contributed by atoms with E-state index in [2.05, 4.69) is 26.1 Å². The number of fused-ring (bicyclic) bond motifs is 5. The molecule has 142 valence electrons. The Labute approximate surface area is 153 Å². The summed E-state index contributed by atoms with van der Waals surface area (Å²) in [6.07, 6.45) is 7.90. The fraction of sp³-hybridized carbons (Fsp3) is 0.955. The van der Waals surface area contributed by atoms with Gasteiger partial charge in [-0.2, -0.15) is 0 Å². The van der Waals surface area contributed by atoms with Crippen molar-refractivity contribution in [1.82, 2.24) is 5.32 Å². The van der Waals surface area contributed by atoms with Crippen molar-refractivity contribution in [1.29, 1.82) is 0 Å². The Morgan fingerprint density at radius 3 is 2.44 bits per heavy atom. The topological polar surface area (TPSA) is 49.3 Å². The van der Waals surface area contributed by atoms with Gasteiger partial charge in [-0.3, -0.25) is 4.79 Å². The molecule has 0 spiro atoms. The molecule has 2 unspecified atom stereocenters. The summed E-state index contributed by atoms with van der Waals surface area (Å²) in [4.78, 5) is 12.0. The SMILES string of the molecule is CC1CC2NC(=O)CC[C@]2(C)[C@H]2CC[C@]3(C)[C@@H](C(C)(C)O)CC[C@H]3[C@H]12. The van der Waals surface area contributed by atoms with E-state index in [1.807, 2.05) is 13.8 Å². The Morgan fingerprint density at radius 2 is 1.76 bits per heavy atom. The largest absolute Gasteiger partial charge is 0.390 e. The molecule has 25 heavy (non-hydrogen) atoms. The van der Waals surface area contributed by atoms with Gasteiger partial charge < -0.3 is 10.4 Å². The van der Waals surface area contributed by atoms with Gasteiger partial charge in [-0.25, -0.2) is 0 Å². The van der Waals surface area contributed by atoms with Gasteiger partial charge in [0.2, 0.25) is 5.91 Å². The number of hydrogen-bond donors (Lipinski definition) is 2. The van der Waals surface area contributed by atoms with E-state index in [4.69, 9.17) is 0 Å². The normalized spacial score (nSPS) is 52.8. The maximum Gasteiger partial charge on any atom is 0.220 e. The monoisotopic (exact) mass is 347 g/mol. The lowest BCUT2D eigenvalue weighted by atomic mass is 9.44. The van der Waals surface area contributed by atoms with Crippen molar-refractivity contribution in [2.45, 2.75) is 91.2 Å². The van der Waals surface area contributed by atoms with E-state index in [1.165, 1.54) is 25.7 Å².